The minimum atomic E-state index is -0.507. The Balaban J connectivity index is 1.80. The van der Waals surface area contributed by atoms with Gasteiger partial charge in [-0.15, -0.1) is 0 Å². The summed E-state index contributed by atoms with van der Waals surface area (Å²) in [6.45, 7) is 28.2. The molecule has 13 heteroatoms. The van der Waals surface area contributed by atoms with Gasteiger partial charge in [0.1, 0.15) is 0 Å². The van der Waals surface area contributed by atoms with E-state index >= 15 is 0 Å². The number of ketones is 1. The van der Waals surface area contributed by atoms with E-state index in [2.05, 4.69) is 108 Å². The van der Waals surface area contributed by atoms with Crippen molar-refractivity contribution in [3.8, 4) is 0 Å². The number of ether oxygens (including phenoxy) is 6. The van der Waals surface area contributed by atoms with E-state index in [0.29, 0.717) is 131 Å². The van der Waals surface area contributed by atoms with Gasteiger partial charge < -0.3 is 44.4 Å². The van der Waals surface area contributed by atoms with Gasteiger partial charge in [-0.05, 0) is 145 Å². The Kier molecular flexibility index (Phi) is 36.7. The van der Waals surface area contributed by atoms with Crippen LogP contribution in [0.15, 0.2) is 117 Å². The van der Waals surface area contributed by atoms with Crippen molar-refractivity contribution < 1.29 is 47.6 Å². The molecule has 0 radical (unpaired) electrons. The van der Waals surface area contributed by atoms with E-state index in [1.807, 2.05) is 38.2 Å². The predicted molar refractivity (Wildman–Crippen MR) is 318 cm³/mol. The maximum absolute atomic E-state index is 13.5. The van der Waals surface area contributed by atoms with Crippen LogP contribution in [0.3, 0.4) is 0 Å². The van der Waals surface area contributed by atoms with E-state index < -0.39 is 5.92 Å². The van der Waals surface area contributed by atoms with Crippen LogP contribution < -0.4 is 16.0 Å². The first-order chi connectivity index (χ1) is 37.3. The summed E-state index contributed by atoms with van der Waals surface area (Å²) in [6, 6.07) is 0. The van der Waals surface area contributed by atoms with Crippen molar-refractivity contribution >= 4 is 23.5 Å². The van der Waals surface area contributed by atoms with E-state index in [-0.39, 0.29) is 40.8 Å². The van der Waals surface area contributed by atoms with E-state index in [4.69, 9.17) is 28.4 Å². The second-order valence-corrected chi connectivity index (χ2v) is 22.2. The van der Waals surface area contributed by atoms with Crippen LogP contribution in [0, 0.1) is 16.7 Å². The number of carbonyl (C=O) groups is 4. The summed E-state index contributed by atoms with van der Waals surface area (Å²) in [5.74, 6) is -0.989. The molecular weight excluding hydrogens is 983 g/mol. The molecule has 0 bridgehead atoms. The van der Waals surface area contributed by atoms with Crippen LogP contribution in [0.25, 0.3) is 0 Å². The van der Waals surface area contributed by atoms with Gasteiger partial charge in [0.05, 0.1) is 59.5 Å². The highest BCUT2D eigenvalue weighted by Gasteiger charge is 2.27. The van der Waals surface area contributed by atoms with Gasteiger partial charge in [-0.2, -0.15) is 0 Å². The highest BCUT2D eigenvalue weighted by Crippen LogP contribution is 2.42. The summed E-state index contributed by atoms with van der Waals surface area (Å²) >= 11 is 0. The second-order valence-electron chi connectivity index (χ2n) is 22.2. The summed E-state index contributed by atoms with van der Waals surface area (Å²) < 4.78 is 32.6. The van der Waals surface area contributed by atoms with Gasteiger partial charge in [0.25, 0.3) is 0 Å². The highest BCUT2D eigenvalue weighted by molar-refractivity contribution is 5.94. The smallest absolute Gasteiger partial charge is 0.244 e. The molecular formula is C65H103N3O10. The zero-order chi connectivity index (χ0) is 57.4. The maximum Gasteiger partial charge on any atom is 0.244 e. The number of rotatable bonds is 41. The SMILES string of the molecule is COCCOCCOCCC(=O)NCCCOCCOCCOCCCNC(=O)[C@H](CCCCNC(=O)/C=C(C)/C=C/C=C(C)/C=C/C1=C(C)CCCC1(C)C)CC(=O)/C=C(C)/C=C/C=C(C)/C=C/C1=C(C)CCCC1(C)C. The summed E-state index contributed by atoms with van der Waals surface area (Å²) in [7, 11) is 1.62. The Morgan fingerprint density at radius 2 is 1.00 bits per heavy atom. The molecule has 1 atom stereocenters. The fourth-order valence-corrected chi connectivity index (χ4v) is 9.42. The Morgan fingerprint density at radius 3 is 1.51 bits per heavy atom. The Bertz CT molecular complexity index is 2130. The number of methoxy groups -OCH3 is 1. The first-order valence-corrected chi connectivity index (χ1v) is 28.9. The molecule has 0 aromatic carbocycles. The first-order valence-electron chi connectivity index (χ1n) is 28.9. The molecule has 0 saturated heterocycles. The van der Waals surface area contributed by atoms with Gasteiger partial charge in [0.15, 0.2) is 5.78 Å². The monoisotopic (exact) mass is 1090 g/mol. The van der Waals surface area contributed by atoms with Gasteiger partial charge in [-0.1, -0.05) is 117 Å². The van der Waals surface area contributed by atoms with Gasteiger partial charge >= 0.3 is 0 Å². The van der Waals surface area contributed by atoms with Crippen LogP contribution in [-0.2, 0) is 47.6 Å². The summed E-state index contributed by atoms with van der Waals surface area (Å²) in [4.78, 5) is 51.7. The second kappa shape index (κ2) is 41.3. The summed E-state index contributed by atoms with van der Waals surface area (Å²) in [6.07, 6.45) is 34.8. The van der Waals surface area contributed by atoms with E-state index in [1.54, 1.807) is 19.3 Å². The maximum atomic E-state index is 13.5. The molecule has 2 aliphatic carbocycles. The largest absolute Gasteiger partial charge is 0.382 e. The van der Waals surface area contributed by atoms with Crippen LogP contribution in [0.1, 0.15) is 153 Å². The Labute approximate surface area is 471 Å². The molecule has 0 aromatic heterocycles. The lowest BCUT2D eigenvalue weighted by Gasteiger charge is -2.33. The van der Waals surface area contributed by atoms with Crippen molar-refractivity contribution in [3.05, 3.63) is 117 Å². The third-order valence-corrected chi connectivity index (χ3v) is 14.0. The van der Waals surface area contributed by atoms with E-state index in [1.165, 1.54) is 48.0 Å². The van der Waals surface area contributed by atoms with Crippen LogP contribution in [-0.4, -0.2) is 123 Å². The molecule has 438 valence electrons. The molecule has 0 aromatic rings. The fourth-order valence-electron chi connectivity index (χ4n) is 9.42. The molecule has 2 aliphatic rings. The van der Waals surface area contributed by atoms with Crippen molar-refractivity contribution in [2.45, 2.75) is 153 Å². The molecule has 13 nitrogen and oxygen atoms in total. The molecule has 0 saturated carbocycles. The number of hydrogen-bond donors (Lipinski definition) is 3. The minimum absolute atomic E-state index is 0.0577. The third-order valence-electron chi connectivity index (χ3n) is 14.0. The zero-order valence-electron chi connectivity index (χ0n) is 50.2. The molecule has 0 fully saturated rings. The molecule has 2 rings (SSSR count). The quantitative estimate of drug-likeness (QED) is 0.0305. The highest BCUT2D eigenvalue weighted by atomic mass is 16.5. The molecule has 3 amide bonds. The van der Waals surface area contributed by atoms with Crippen molar-refractivity contribution in [1.82, 2.24) is 16.0 Å². The van der Waals surface area contributed by atoms with Crippen LogP contribution in [0.4, 0.5) is 0 Å². The minimum Gasteiger partial charge on any atom is -0.382 e. The van der Waals surface area contributed by atoms with Crippen molar-refractivity contribution in [3.63, 3.8) is 0 Å². The van der Waals surface area contributed by atoms with Crippen molar-refractivity contribution in [2.24, 2.45) is 16.7 Å². The lowest BCUT2D eigenvalue weighted by molar-refractivity contribution is -0.128. The van der Waals surface area contributed by atoms with E-state index in [9.17, 15) is 19.2 Å². The van der Waals surface area contributed by atoms with Crippen molar-refractivity contribution in [2.75, 3.05) is 99.4 Å². The predicted octanol–water partition coefficient (Wildman–Crippen LogP) is 12.0. The average Bonchev–Trinajstić information content (AvgIpc) is 3.39. The number of carbonyl (C=O) groups excluding carboxylic acids is 4. The lowest BCUT2D eigenvalue weighted by Crippen LogP contribution is -2.33. The fraction of sp³-hybridized carbons (Fsp3) is 0.631. The normalized spacial score (nSPS) is 17.1. The lowest BCUT2D eigenvalue weighted by atomic mass is 9.72. The van der Waals surface area contributed by atoms with Gasteiger partial charge in [-0.25, -0.2) is 0 Å². The van der Waals surface area contributed by atoms with E-state index in [0.717, 1.165) is 35.1 Å². The van der Waals surface area contributed by atoms with Crippen LogP contribution in [0.5, 0.6) is 0 Å². The molecule has 0 heterocycles. The van der Waals surface area contributed by atoms with Gasteiger partial charge in [0, 0.05) is 64.8 Å². The van der Waals surface area contributed by atoms with Crippen LogP contribution >= 0.6 is 0 Å². The third kappa shape index (κ3) is 33.0. The topological polar surface area (TPSA) is 160 Å². The number of hydrogen-bond acceptors (Lipinski definition) is 10. The molecule has 0 spiro atoms. The van der Waals surface area contributed by atoms with Gasteiger partial charge in [0.2, 0.25) is 17.7 Å². The molecule has 78 heavy (non-hydrogen) atoms. The average molecular weight is 1090 g/mol. The zero-order valence-corrected chi connectivity index (χ0v) is 50.2. The van der Waals surface area contributed by atoms with Crippen molar-refractivity contribution in [1.29, 1.82) is 0 Å². The number of unbranched alkanes of at least 4 members (excludes halogenated alkanes) is 1. The summed E-state index contributed by atoms with van der Waals surface area (Å²) in [5.41, 5.74) is 10.1. The molecule has 0 unspecified atom stereocenters. The standard InChI is InChI=1S/C65H103N3O10/c1-51(27-29-59-55(5)24-16-32-64(59,7)8)20-14-22-53(3)48-58(69)50-57(26-12-13-34-67-62(71)49-54(4)23-15-21-52(2)28-30-60-56(6)25-17-33-65(60,9)10)63(72)68-36-19-38-75-43-46-78-45-42-74-37-18-35-66-61(70)31-39-76-44-47-77-41-40-73-11/h14-15,20-23,27-30,48-49,57H,12-13,16-19,24-26,31-47,50H2,1-11H3,(H,66,70)(H,67,71)(H,68,72)/b22-14+,23-15+,29-27+,30-28+,51-20+,52-21+,53-48+,54-49+/t57-/m1/s1. The first kappa shape index (κ1) is 69.3. The Morgan fingerprint density at radius 1 is 0.538 bits per heavy atom. The number of allylic oxidation sites excluding steroid dienone is 19. The molecule has 3 N–H and O–H groups in total. The molecule has 0 aliphatic heterocycles. The van der Waals surface area contributed by atoms with Crippen LogP contribution in [0.2, 0.25) is 0 Å². The van der Waals surface area contributed by atoms with Gasteiger partial charge in [-0.3, -0.25) is 19.2 Å². The number of nitrogens with one attached hydrogen (secondary N) is 3. The number of amides is 3. The Hall–Kier alpha value is -4.76. The summed E-state index contributed by atoms with van der Waals surface area (Å²) in [5, 5.41) is 8.87.